The SMILES string of the molecule is CCc1ccc(NC(=O)C(CC)CC(=O)O)cc1. The van der Waals surface area contributed by atoms with Crippen molar-refractivity contribution in [3.8, 4) is 0 Å². The molecule has 0 saturated heterocycles. The van der Waals surface area contributed by atoms with Crippen LogP contribution in [0.3, 0.4) is 0 Å². The first-order valence-electron chi connectivity index (χ1n) is 6.18. The Morgan fingerprint density at radius 3 is 2.28 bits per heavy atom. The van der Waals surface area contributed by atoms with E-state index in [4.69, 9.17) is 5.11 Å². The Morgan fingerprint density at radius 1 is 1.22 bits per heavy atom. The monoisotopic (exact) mass is 249 g/mol. The van der Waals surface area contributed by atoms with Crippen LogP contribution in [-0.2, 0) is 16.0 Å². The number of hydrogen-bond donors (Lipinski definition) is 2. The van der Waals surface area contributed by atoms with Crippen molar-refractivity contribution in [1.29, 1.82) is 0 Å². The largest absolute Gasteiger partial charge is 0.481 e. The van der Waals surface area contributed by atoms with E-state index in [0.717, 1.165) is 6.42 Å². The number of anilines is 1. The molecular formula is C14H19NO3. The highest BCUT2D eigenvalue weighted by Gasteiger charge is 2.19. The molecule has 1 unspecified atom stereocenters. The minimum Gasteiger partial charge on any atom is -0.481 e. The summed E-state index contributed by atoms with van der Waals surface area (Å²) < 4.78 is 0. The van der Waals surface area contributed by atoms with Gasteiger partial charge in [-0.2, -0.15) is 0 Å². The van der Waals surface area contributed by atoms with Gasteiger partial charge < -0.3 is 10.4 Å². The third-order valence-corrected chi connectivity index (χ3v) is 2.91. The quantitative estimate of drug-likeness (QED) is 0.814. The molecule has 0 aliphatic heterocycles. The van der Waals surface area contributed by atoms with Gasteiger partial charge >= 0.3 is 5.97 Å². The second-order valence-electron chi connectivity index (χ2n) is 4.24. The zero-order valence-electron chi connectivity index (χ0n) is 10.8. The van der Waals surface area contributed by atoms with Gasteiger partial charge in [0.2, 0.25) is 5.91 Å². The number of carbonyl (C=O) groups is 2. The van der Waals surface area contributed by atoms with Gasteiger partial charge in [0.15, 0.2) is 0 Å². The van der Waals surface area contributed by atoms with Crippen molar-refractivity contribution in [2.45, 2.75) is 33.1 Å². The molecule has 4 heteroatoms. The molecule has 2 N–H and O–H groups in total. The summed E-state index contributed by atoms with van der Waals surface area (Å²) in [6, 6.07) is 7.58. The van der Waals surface area contributed by atoms with Crippen LogP contribution < -0.4 is 5.32 Å². The standard InChI is InChI=1S/C14H19NO3/c1-3-10-5-7-12(8-6-10)15-14(18)11(4-2)9-13(16)17/h5-8,11H,3-4,9H2,1-2H3,(H,15,18)(H,16,17). The maximum absolute atomic E-state index is 11.9. The Morgan fingerprint density at radius 2 is 1.83 bits per heavy atom. The molecule has 0 saturated carbocycles. The van der Waals surface area contributed by atoms with Gasteiger partial charge in [0, 0.05) is 11.6 Å². The normalized spacial score (nSPS) is 11.9. The van der Waals surface area contributed by atoms with Crippen molar-refractivity contribution >= 4 is 17.6 Å². The number of aryl methyl sites for hydroxylation is 1. The van der Waals surface area contributed by atoms with Gasteiger partial charge in [0.05, 0.1) is 6.42 Å². The van der Waals surface area contributed by atoms with Crippen LogP contribution >= 0.6 is 0 Å². The maximum Gasteiger partial charge on any atom is 0.304 e. The molecule has 0 spiro atoms. The van der Waals surface area contributed by atoms with Crippen molar-refractivity contribution in [3.05, 3.63) is 29.8 Å². The molecule has 1 amide bonds. The molecule has 1 rings (SSSR count). The topological polar surface area (TPSA) is 66.4 Å². The number of aliphatic carboxylic acids is 1. The lowest BCUT2D eigenvalue weighted by Gasteiger charge is -2.13. The predicted molar refractivity (Wildman–Crippen MR) is 70.5 cm³/mol. The van der Waals surface area contributed by atoms with Gasteiger partial charge in [-0.25, -0.2) is 0 Å². The number of carboxylic acid groups (broad SMARTS) is 1. The predicted octanol–water partition coefficient (Wildman–Crippen LogP) is 2.69. The van der Waals surface area contributed by atoms with Crippen LogP contribution in [0.2, 0.25) is 0 Å². The molecule has 0 fully saturated rings. The molecular weight excluding hydrogens is 230 g/mol. The number of carboxylic acids is 1. The highest BCUT2D eigenvalue weighted by Crippen LogP contribution is 2.14. The van der Waals surface area contributed by atoms with Crippen molar-refractivity contribution in [1.82, 2.24) is 0 Å². The summed E-state index contributed by atoms with van der Waals surface area (Å²) in [6.07, 6.45) is 1.34. The first kappa shape index (κ1) is 14.2. The molecule has 0 bridgehead atoms. The van der Waals surface area contributed by atoms with E-state index < -0.39 is 11.9 Å². The molecule has 0 heterocycles. The van der Waals surface area contributed by atoms with E-state index in [-0.39, 0.29) is 12.3 Å². The van der Waals surface area contributed by atoms with E-state index in [1.54, 1.807) is 0 Å². The number of rotatable bonds is 6. The van der Waals surface area contributed by atoms with Gasteiger partial charge in [-0.1, -0.05) is 26.0 Å². The van der Waals surface area contributed by atoms with Crippen LogP contribution in [0.5, 0.6) is 0 Å². The van der Waals surface area contributed by atoms with Crippen molar-refractivity contribution in [2.24, 2.45) is 5.92 Å². The lowest BCUT2D eigenvalue weighted by molar-refractivity contribution is -0.140. The third kappa shape index (κ3) is 4.20. The minimum absolute atomic E-state index is 0.130. The fourth-order valence-electron chi connectivity index (χ4n) is 1.70. The summed E-state index contributed by atoms with van der Waals surface area (Å²) >= 11 is 0. The summed E-state index contributed by atoms with van der Waals surface area (Å²) in [6.45, 7) is 3.88. The Labute approximate surface area is 107 Å². The Bertz CT molecular complexity index is 412. The zero-order valence-corrected chi connectivity index (χ0v) is 10.8. The zero-order chi connectivity index (χ0) is 13.5. The second-order valence-corrected chi connectivity index (χ2v) is 4.24. The first-order chi connectivity index (χ1) is 8.56. The lowest BCUT2D eigenvalue weighted by Crippen LogP contribution is -2.24. The van der Waals surface area contributed by atoms with Crippen molar-refractivity contribution < 1.29 is 14.7 Å². The number of hydrogen-bond acceptors (Lipinski definition) is 2. The van der Waals surface area contributed by atoms with E-state index in [9.17, 15) is 9.59 Å². The Hall–Kier alpha value is -1.84. The van der Waals surface area contributed by atoms with Gasteiger partial charge in [0.1, 0.15) is 0 Å². The fraction of sp³-hybridized carbons (Fsp3) is 0.429. The van der Waals surface area contributed by atoms with E-state index in [0.29, 0.717) is 12.1 Å². The van der Waals surface area contributed by atoms with Gasteiger partial charge in [0.25, 0.3) is 0 Å². The van der Waals surface area contributed by atoms with E-state index in [1.807, 2.05) is 31.2 Å². The summed E-state index contributed by atoms with van der Waals surface area (Å²) in [5.74, 6) is -1.66. The molecule has 1 atom stereocenters. The van der Waals surface area contributed by atoms with Crippen molar-refractivity contribution in [3.63, 3.8) is 0 Å². The lowest BCUT2D eigenvalue weighted by atomic mass is 10.0. The average Bonchev–Trinajstić information content (AvgIpc) is 2.36. The van der Waals surface area contributed by atoms with E-state index in [2.05, 4.69) is 12.2 Å². The smallest absolute Gasteiger partial charge is 0.304 e. The number of carbonyl (C=O) groups excluding carboxylic acids is 1. The minimum atomic E-state index is -0.946. The molecule has 4 nitrogen and oxygen atoms in total. The molecule has 1 aromatic carbocycles. The van der Waals surface area contributed by atoms with E-state index >= 15 is 0 Å². The van der Waals surface area contributed by atoms with Gasteiger partial charge in [-0.15, -0.1) is 0 Å². The van der Waals surface area contributed by atoms with Crippen LogP contribution in [0.25, 0.3) is 0 Å². The number of nitrogens with one attached hydrogen (secondary N) is 1. The average molecular weight is 249 g/mol. The van der Waals surface area contributed by atoms with Crippen LogP contribution in [0.1, 0.15) is 32.3 Å². The number of benzene rings is 1. The number of amides is 1. The van der Waals surface area contributed by atoms with Crippen LogP contribution in [0, 0.1) is 5.92 Å². The summed E-state index contributed by atoms with van der Waals surface area (Å²) in [7, 11) is 0. The van der Waals surface area contributed by atoms with Gasteiger partial charge in [-0.3, -0.25) is 9.59 Å². The molecule has 0 aromatic heterocycles. The third-order valence-electron chi connectivity index (χ3n) is 2.91. The summed E-state index contributed by atoms with van der Waals surface area (Å²) in [4.78, 5) is 22.5. The Kier molecular flexibility index (Phi) is 5.36. The second kappa shape index (κ2) is 6.79. The van der Waals surface area contributed by atoms with Crippen LogP contribution in [0.4, 0.5) is 5.69 Å². The Balaban J connectivity index is 2.64. The molecule has 98 valence electrons. The highest BCUT2D eigenvalue weighted by molar-refractivity contribution is 5.94. The molecule has 0 radical (unpaired) electrons. The fourth-order valence-corrected chi connectivity index (χ4v) is 1.70. The first-order valence-corrected chi connectivity index (χ1v) is 6.18. The molecule has 1 aromatic rings. The van der Waals surface area contributed by atoms with Crippen molar-refractivity contribution in [2.75, 3.05) is 5.32 Å². The molecule has 18 heavy (non-hydrogen) atoms. The molecule has 0 aliphatic rings. The van der Waals surface area contributed by atoms with Crippen LogP contribution in [0.15, 0.2) is 24.3 Å². The van der Waals surface area contributed by atoms with Gasteiger partial charge in [-0.05, 0) is 30.5 Å². The summed E-state index contributed by atoms with van der Waals surface area (Å²) in [5.41, 5.74) is 1.91. The van der Waals surface area contributed by atoms with E-state index in [1.165, 1.54) is 5.56 Å². The maximum atomic E-state index is 11.9. The van der Waals surface area contributed by atoms with Crippen LogP contribution in [-0.4, -0.2) is 17.0 Å². The molecule has 0 aliphatic carbocycles. The summed E-state index contributed by atoms with van der Waals surface area (Å²) in [5, 5.41) is 11.5. The highest BCUT2D eigenvalue weighted by atomic mass is 16.4.